The fourth-order valence-corrected chi connectivity index (χ4v) is 1.50. The molecule has 1 aromatic carbocycles. The predicted molar refractivity (Wildman–Crippen MR) is 48.3 cm³/mol. The molecule has 0 saturated heterocycles. The van der Waals surface area contributed by atoms with E-state index in [2.05, 4.69) is 4.72 Å². The van der Waals surface area contributed by atoms with Crippen molar-refractivity contribution in [1.82, 2.24) is 4.72 Å². The maximum absolute atomic E-state index is 13.0. The summed E-state index contributed by atoms with van der Waals surface area (Å²) in [5.41, 5.74) is 0. The molecule has 0 radical (unpaired) electrons. The summed E-state index contributed by atoms with van der Waals surface area (Å²) in [4.78, 5) is 0.753. The van der Waals surface area contributed by atoms with Crippen molar-refractivity contribution in [3.63, 3.8) is 0 Å². The van der Waals surface area contributed by atoms with Crippen LogP contribution in [0.2, 0.25) is 0 Å². The first-order chi connectivity index (χ1) is 5.77. The molecule has 0 bridgehead atoms. The van der Waals surface area contributed by atoms with Crippen molar-refractivity contribution in [3.8, 4) is 0 Å². The maximum atomic E-state index is 13.0. The van der Waals surface area contributed by atoms with Crippen molar-refractivity contribution in [2.75, 3.05) is 7.05 Å². The first-order valence-corrected chi connectivity index (χ1v) is 4.73. The summed E-state index contributed by atoms with van der Waals surface area (Å²) in [6, 6.07) is 4.25. The molecule has 0 heterocycles. The highest BCUT2D eigenvalue weighted by Gasteiger charge is 2.03. The average molecular weight is 207 g/mol. The van der Waals surface area contributed by atoms with E-state index in [4.69, 9.17) is 0 Å². The third-order valence-electron chi connectivity index (χ3n) is 1.20. The van der Waals surface area contributed by atoms with Crippen LogP contribution in [-0.2, 0) is 0 Å². The molecule has 12 heavy (non-hydrogen) atoms. The highest BCUT2D eigenvalue weighted by Crippen LogP contribution is 2.25. The summed E-state index contributed by atoms with van der Waals surface area (Å²) in [6.07, 6.45) is 0. The van der Waals surface area contributed by atoms with Crippen LogP contribution < -0.4 is 4.72 Å². The lowest BCUT2D eigenvalue weighted by atomic mass is 10.3. The number of nitrogens with one attached hydrogen (secondary N) is 1. The summed E-state index contributed by atoms with van der Waals surface area (Å²) in [6.45, 7) is 0. The van der Waals surface area contributed by atoms with E-state index in [1.54, 1.807) is 13.1 Å². The van der Waals surface area contributed by atoms with Crippen LogP contribution in [0.4, 0.5) is 8.28 Å². The monoisotopic (exact) mass is 207 g/mol. The normalized spacial score (nSPS) is 10.2. The molecule has 5 heteroatoms. The minimum atomic E-state index is -0.406. The molecule has 0 saturated carbocycles. The molecule has 0 amide bonds. The van der Waals surface area contributed by atoms with E-state index in [0.29, 0.717) is 4.90 Å². The Morgan fingerprint density at radius 2 is 2.17 bits per heavy atom. The van der Waals surface area contributed by atoms with Gasteiger partial charge < -0.3 is 0 Å². The molecule has 0 aliphatic heterocycles. The Hall–Kier alpha value is -0.260. The van der Waals surface area contributed by atoms with Gasteiger partial charge in [-0.3, -0.25) is 4.72 Å². The van der Waals surface area contributed by atoms with Crippen LogP contribution in [0.25, 0.3) is 0 Å². The molecule has 0 aliphatic carbocycles. The van der Waals surface area contributed by atoms with E-state index in [9.17, 15) is 8.28 Å². The summed E-state index contributed by atoms with van der Waals surface area (Å²) >= 11 is 1.20. The zero-order valence-electron chi connectivity index (χ0n) is 6.30. The maximum Gasteiger partial charge on any atom is 0.139 e. The smallest absolute Gasteiger partial charge is 0.139 e. The van der Waals surface area contributed by atoms with Gasteiger partial charge in [-0.25, -0.2) is 4.39 Å². The summed E-state index contributed by atoms with van der Waals surface area (Å²) < 4.78 is 27.7. The fourth-order valence-electron chi connectivity index (χ4n) is 0.722. The van der Waals surface area contributed by atoms with E-state index in [1.807, 2.05) is 0 Å². The van der Waals surface area contributed by atoms with E-state index < -0.39 is 5.82 Å². The number of hydrogen-bond acceptors (Lipinski definition) is 3. The predicted octanol–water partition coefficient (Wildman–Crippen LogP) is 3.03. The topological polar surface area (TPSA) is 12.0 Å². The van der Waals surface area contributed by atoms with Crippen molar-refractivity contribution in [2.24, 2.45) is 0 Å². The van der Waals surface area contributed by atoms with Gasteiger partial charge in [0, 0.05) is 4.90 Å². The Morgan fingerprint density at radius 1 is 1.42 bits per heavy atom. The second kappa shape index (κ2) is 4.69. The largest absolute Gasteiger partial charge is 0.263 e. The first-order valence-electron chi connectivity index (χ1n) is 3.19. The van der Waals surface area contributed by atoms with E-state index in [1.165, 1.54) is 12.1 Å². The van der Waals surface area contributed by atoms with Crippen LogP contribution in [0.1, 0.15) is 0 Å². The first kappa shape index (κ1) is 9.83. The standard InChI is InChI=1S/C7H7F2NS2/c1-10-12-7-3-2-5(11-9)4-6(7)8/h2-4,10H,1H3. The molecule has 1 rings (SSSR count). The number of hydrogen-bond donors (Lipinski definition) is 1. The quantitative estimate of drug-likeness (QED) is 0.765. The molecule has 0 aliphatic rings. The molecule has 0 aromatic heterocycles. The Morgan fingerprint density at radius 3 is 2.67 bits per heavy atom. The van der Waals surface area contributed by atoms with Crippen molar-refractivity contribution >= 4 is 24.1 Å². The van der Waals surface area contributed by atoms with Crippen LogP contribution >= 0.6 is 24.1 Å². The molecular weight excluding hydrogens is 200 g/mol. The highest BCUT2D eigenvalue weighted by atomic mass is 32.2. The van der Waals surface area contributed by atoms with Crippen LogP contribution in [0.15, 0.2) is 28.0 Å². The molecule has 1 nitrogen and oxygen atoms in total. The van der Waals surface area contributed by atoms with Gasteiger partial charge in [-0.1, -0.05) is 0 Å². The van der Waals surface area contributed by atoms with Crippen molar-refractivity contribution < 1.29 is 8.28 Å². The molecule has 0 atom stereocenters. The minimum absolute atomic E-state index is 0.0401. The zero-order chi connectivity index (χ0) is 8.97. The van der Waals surface area contributed by atoms with Gasteiger partial charge in [0.05, 0.1) is 17.0 Å². The van der Waals surface area contributed by atoms with Crippen molar-refractivity contribution in [1.29, 1.82) is 0 Å². The van der Waals surface area contributed by atoms with Gasteiger partial charge in [0.15, 0.2) is 0 Å². The summed E-state index contributed by atoms with van der Waals surface area (Å²) in [5, 5.41) is 0. The minimum Gasteiger partial charge on any atom is -0.263 e. The van der Waals surface area contributed by atoms with Gasteiger partial charge >= 0.3 is 0 Å². The van der Waals surface area contributed by atoms with Gasteiger partial charge in [0.1, 0.15) is 5.82 Å². The van der Waals surface area contributed by atoms with Crippen LogP contribution in [0.5, 0.6) is 0 Å². The Balaban J connectivity index is 2.87. The Labute approximate surface area is 78.4 Å². The average Bonchev–Trinajstić information content (AvgIpc) is 2.09. The molecule has 0 fully saturated rings. The van der Waals surface area contributed by atoms with Gasteiger partial charge in [0.25, 0.3) is 0 Å². The third-order valence-corrected chi connectivity index (χ3v) is 2.39. The number of halogens is 2. The van der Waals surface area contributed by atoms with Crippen LogP contribution in [-0.4, -0.2) is 7.05 Å². The van der Waals surface area contributed by atoms with Gasteiger partial charge in [-0.05, 0) is 37.2 Å². The van der Waals surface area contributed by atoms with Crippen molar-refractivity contribution in [3.05, 3.63) is 24.0 Å². The van der Waals surface area contributed by atoms with Crippen molar-refractivity contribution in [2.45, 2.75) is 9.79 Å². The van der Waals surface area contributed by atoms with E-state index >= 15 is 0 Å². The van der Waals surface area contributed by atoms with Crippen LogP contribution in [0.3, 0.4) is 0 Å². The Kier molecular flexibility index (Phi) is 3.84. The molecular formula is C7H7F2NS2. The Bertz CT molecular complexity index is 268. The SMILES string of the molecule is CNSc1ccc(SF)cc1F. The highest BCUT2D eigenvalue weighted by molar-refractivity contribution is 7.97. The summed E-state index contributed by atoms with van der Waals surface area (Å²) in [5.74, 6) is -0.406. The van der Waals surface area contributed by atoms with Crippen LogP contribution in [0, 0.1) is 5.82 Å². The zero-order valence-corrected chi connectivity index (χ0v) is 7.94. The number of rotatable bonds is 3. The lowest BCUT2D eigenvalue weighted by Crippen LogP contribution is -1.92. The van der Waals surface area contributed by atoms with Gasteiger partial charge in [0.2, 0.25) is 0 Å². The summed E-state index contributed by atoms with van der Waals surface area (Å²) in [7, 11) is 1.70. The molecule has 0 unspecified atom stereocenters. The fraction of sp³-hybridized carbons (Fsp3) is 0.143. The molecule has 1 N–H and O–H groups in total. The third kappa shape index (κ3) is 2.36. The van der Waals surface area contributed by atoms with Gasteiger partial charge in [-0.15, -0.1) is 0 Å². The molecule has 1 aromatic rings. The molecule has 0 spiro atoms. The van der Waals surface area contributed by atoms with E-state index in [0.717, 1.165) is 11.9 Å². The van der Waals surface area contributed by atoms with Gasteiger partial charge in [-0.2, -0.15) is 3.89 Å². The number of benzene rings is 1. The second-order valence-electron chi connectivity index (χ2n) is 1.98. The lowest BCUT2D eigenvalue weighted by Gasteiger charge is -2.01. The molecule has 66 valence electrons. The lowest BCUT2D eigenvalue weighted by molar-refractivity contribution is 0.597. The second-order valence-corrected chi connectivity index (χ2v) is 3.65. The van der Waals surface area contributed by atoms with E-state index in [-0.39, 0.29) is 17.0 Å².